The highest BCUT2D eigenvalue weighted by Gasteiger charge is 2.53. The van der Waals surface area contributed by atoms with Gasteiger partial charge in [0.15, 0.2) is 5.60 Å². The molecule has 5 rings (SSSR count). The first kappa shape index (κ1) is 16.5. The number of esters is 1. The summed E-state index contributed by atoms with van der Waals surface area (Å²) < 4.78 is 12.0. The molecule has 0 bridgehead atoms. The number of phenols is 1. The number of halogens is 2. The Bertz CT molecular complexity index is 1100. The molecule has 0 fully saturated rings. The average Bonchev–Trinajstić information content (AvgIpc) is 2.93. The Balaban J connectivity index is 1.94. The molecule has 134 valence electrons. The number of phenolic OH excluding ortho intramolecular Hbond substituents is 1. The standard InChI is InChI=1S/C21H12Cl2O4/c1-10-6-18-13(7-15(10)22)21(12-5-3-2-4-11(12)20(25)27-21)14-8-16(23)17(24)9-19(14)26-18/h2-9,24H,1H3. The molecule has 0 aliphatic carbocycles. The first-order valence-corrected chi connectivity index (χ1v) is 9.01. The summed E-state index contributed by atoms with van der Waals surface area (Å²) in [7, 11) is 0. The van der Waals surface area contributed by atoms with E-state index in [1.807, 2.05) is 19.1 Å². The quantitative estimate of drug-likeness (QED) is 0.502. The lowest BCUT2D eigenvalue weighted by atomic mass is 9.77. The maximum atomic E-state index is 12.7. The molecule has 2 aliphatic heterocycles. The minimum absolute atomic E-state index is 0.114. The number of rotatable bonds is 0. The Kier molecular flexibility index (Phi) is 3.30. The molecule has 6 heteroatoms. The maximum absolute atomic E-state index is 12.7. The number of fused-ring (bicyclic) bond motifs is 6. The number of carbonyl (C=O) groups is 1. The lowest BCUT2D eigenvalue weighted by Crippen LogP contribution is -2.33. The lowest BCUT2D eigenvalue weighted by Gasteiger charge is -2.37. The summed E-state index contributed by atoms with van der Waals surface area (Å²) in [5.41, 5.74) is 1.89. The van der Waals surface area contributed by atoms with Crippen molar-refractivity contribution in [2.45, 2.75) is 12.5 Å². The van der Waals surface area contributed by atoms with Crippen LogP contribution in [0.1, 0.15) is 32.6 Å². The summed E-state index contributed by atoms with van der Waals surface area (Å²) in [6, 6.07) is 13.7. The van der Waals surface area contributed by atoms with E-state index in [0.717, 1.165) is 5.56 Å². The third-order valence-corrected chi connectivity index (χ3v) is 5.77. The van der Waals surface area contributed by atoms with Crippen LogP contribution < -0.4 is 4.74 Å². The van der Waals surface area contributed by atoms with Gasteiger partial charge in [-0.2, -0.15) is 0 Å². The minimum atomic E-state index is -1.24. The van der Waals surface area contributed by atoms with Crippen LogP contribution in [0, 0.1) is 6.92 Å². The summed E-state index contributed by atoms with van der Waals surface area (Å²) >= 11 is 12.6. The van der Waals surface area contributed by atoms with Gasteiger partial charge < -0.3 is 14.6 Å². The molecule has 3 aromatic rings. The molecule has 2 heterocycles. The molecule has 1 N–H and O–H groups in total. The van der Waals surface area contributed by atoms with E-state index in [1.165, 1.54) is 6.07 Å². The van der Waals surface area contributed by atoms with Crippen LogP contribution in [0.5, 0.6) is 17.2 Å². The van der Waals surface area contributed by atoms with E-state index < -0.39 is 11.6 Å². The van der Waals surface area contributed by atoms with Gasteiger partial charge in [0.2, 0.25) is 0 Å². The number of hydrogen-bond donors (Lipinski definition) is 1. The number of aromatic hydroxyl groups is 1. The Morgan fingerprint density at radius 1 is 0.926 bits per heavy atom. The smallest absolute Gasteiger partial charge is 0.340 e. The minimum Gasteiger partial charge on any atom is -0.506 e. The molecule has 1 spiro atoms. The molecule has 0 radical (unpaired) electrons. The molecule has 4 nitrogen and oxygen atoms in total. The van der Waals surface area contributed by atoms with Gasteiger partial charge in [-0.3, -0.25) is 0 Å². The second kappa shape index (κ2) is 5.41. The van der Waals surface area contributed by atoms with Crippen molar-refractivity contribution in [3.05, 3.63) is 86.4 Å². The molecule has 3 aromatic carbocycles. The van der Waals surface area contributed by atoms with E-state index >= 15 is 0 Å². The topological polar surface area (TPSA) is 55.8 Å². The molecule has 1 unspecified atom stereocenters. The van der Waals surface area contributed by atoms with E-state index in [1.54, 1.807) is 30.3 Å². The summed E-state index contributed by atoms with van der Waals surface area (Å²) in [5.74, 6) is 0.328. The van der Waals surface area contributed by atoms with Gasteiger partial charge >= 0.3 is 5.97 Å². The fourth-order valence-electron chi connectivity index (χ4n) is 3.80. The first-order chi connectivity index (χ1) is 12.9. The van der Waals surface area contributed by atoms with Gasteiger partial charge in [-0.15, -0.1) is 0 Å². The van der Waals surface area contributed by atoms with Crippen molar-refractivity contribution in [3.63, 3.8) is 0 Å². The fourth-order valence-corrected chi connectivity index (χ4v) is 4.12. The van der Waals surface area contributed by atoms with Crippen LogP contribution in [0.4, 0.5) is 0 Å². The molecule has 0 saturated carbocycles. The zero-order valence-corrected chi connectivity index (χ0v) is 15.6. The highest BCUT2D eigenvalue weighted by atomic mass is 35.5. The summed E-state index contributed by atoms with van der Waals surface area (Å²) in [4.78, 5) is 12.7. The zero-order chi connectivity index (χ0) is 18.9. The second-order valence-corrected chi connectivity index (χ2v) is 7.43. The normalized spacial score (nSPS) is 19.1. The van der Waals surface area contributed by atoms with Crippen LogP contribution in [-0.4, -0.2) is 11.1 Å². The van der Waals surface area contributed by atoms with Crippen molar-refractivity contribution in [3.8, 4) is 17.2 Å². The van der Waals surface area contributed by atoms with E-state index in [9.17, 15) is 9.90 Å². The third-order valence-electron chi connectivity index (χ3n) is 5.06. The fraction of sp³-hybridized carbons (Fsp3) is 0.0952. The van der Waals surface area contributed by atoms with Crippen molar-refractivity contribution in [2.75, 3.05) is 0 Å². The van der Waals surface area contributed by atoms with Crippen LogP contribution >= 0.6 is 23.2 Å². The number of carbonyl (C=O) groups excluding carboxylic acids is 1. The molecule has 0 amide bonds. The molecule has 2 aliphatic rings. The zero-order valence-electron chi connectivity index (χ0n) is 14.0. The highest BCUT2D eigenvalue weighted by Crippen LogP contribution is 2.57. The molecule has 0 saturated heterocycles. The molecule has 1 atom stereocenters. The number of benzene rings is 3. The number of hydrogen-bond acceptors (Lipinski definition) is 4. The monoisotopic (exact) mass is 398 g/mol. The Morgan fingerprint density at radius 3 is 2.37 bits per heavy atom. The van der Waals surface area contributed by atoms with Gasteiger partial charge in [0, 0.05) is 27.8 Å². The molecule has 27 heavy (non-hydrogen) atoms. The van der Waals surface area contributed by atoms with Crippen LogP contribution in [-0.2, 0) is 10.3 Å². The molecular formula is C21H12Cl2O4. The third kappa shape index (κ3) is 2.08. The summed E-state index contributed by atoms with van der Waals surface area (Å²) in [6.45, 7) is 1.86. The SMILES string of the molecule is Cc1cc2c(cc1Cl)C1(OC(=O)c3ccccc31)c1cc(Cl)c(O)cc1O2. The van der Waals surface area contributed by atoms with E-state index in [0.29, 0.717) is 38.8 Å². The Labute approximate surface area is 164 Å². The lowest BCUT2D eigenvalue weighted by molar-refractivity contribution is 0.0224. The molecule has 0 aromatic heterocycles. The van der Waals surface area contributed by atoms with Crippen molar-refractivity contribution in [1.29, 1.82) is 0 Å². The van der Waals surface area contributed by atoms with Gasteiger partial charge in [0.1, 0.15) is 17.2 Å². The van der Waals surface area contributed by atoms with Gasteiger partial charge in [-0.1, -0.05) is 41.4 Å². The van der Waals surface area contributed by atoms with Gasteiger partial charge in [0.25, 0.3) is 0 Å². The largest absolute Gasteiger partial charge is 0.506 e. The van der Waals surface area contributed by atoms with Gasteiger partial charge in [0.05, 0.1) is 10.6 Å². The Hall–Kier alpha value is -2.69. The highest BCUT2D eigenvalue weighted by molar-refractivity contribution is 6.32. The maximum Gasteiger partial charge on any atom is 0.340 e. The van der Waals surface area contributed by atoms with E-state index in [4.69, 9.17) is 32.7 Å². The first-order valence-electron chi connectivity index (χ1n) is 8.26. The van der Waals surface area contributed by atoms with Gasteiger partial charge in [-0.05, 0) is 36.8 Å². The van der Waals surface area contributed by atoms with E-state index in [2.05, 4.69) is 0 Å². The number of aryl methyl sites for hydroxylation is 1. The van der Waals surface area contributed by atoms with Crippen LogP contribution in [0.25, 0.3) is 0 Å². The Morgan fingerprint density at radius 2 is 1.59 bits per heavy atom. The van der Waals surface area contributed by atoms with Crippen molar-refractivity contribution in [2.24, 2.45) is 0 Å². The van der Waals surface area contributed by atoms with Crippen molar-refractivity contribution < 1.29 is 19.4 Å². The van der Waals surface area contributed by atoms with Crippen LogP contribution in [0.2, 0.25) is 10.0 Å². The van der Waals surface area contributed by atoms with Crippen molar-refractivity contribution in [1.82, 2.24) is 0 Å². The van der Waals surface area contributed by atoms with Crippen LogP contribution in [0.3, 0.4) is 0 Å². The van der Waals surface area contributed by atoms with E-state index in [-0.39, 0.29) is 10.8 Å². The molecular weight excluding hydrogens is 387 g/mol. The number of ether oxygens (including phenoxy) is 2. The summed E-state index contributed by atoms with van der Waals surface area (Å²) in [6.07, 6.45) is 0. The van der Waals surface area contributed by atoms with Gasteiger partial charge in [-0.25, -0.2) is 4.79 Å². The average molecular weight is 399 g/mol. The van der Waals surface area contributed by atoms with Crippen LogP contribution in [0.15, 0.2) is 48.5 Å². The predicted octanol–water partition coefficient (Wildman–Crippen LogP) is 5.58. The van der Waals surface area contributed by atoms with Crippen molar-refractivity contribution >= 4 is 29.2 Å². The summed E-state index contributed by atoms with van der Waals surface area (Å²) in [5, 5.41) is 10.7. The predicted molar refractivity (Wildman–Crippen MR) is 101 cm³/mol. The second-order valence-electron chi connectivity index (χ2n) is 6.62.